The number of fused-ring (bicyclic) bond motifs is 1. The Kier molecular flexibility index (Phi) is 3.55. The van der Waals surface area contributed by atoms with Crippen molar-refractivity contribution in [1.82, 2.24) is 0 Å². The van der Waals surface area contributed by atoms with E-state index in [-0.39, 0.29) is 4.90 Å². The van der Waals surface area contributed by atoms with Crippen molar-refractivity contribution >= 4 is 33.0 Å². The van der Waals surface area contributed by atoms with Gasteiger partial charge >= 0.3 is 0 Å². The first-order chi connectivity index (χ1) is 9.95. The topological polar surface area (TPSA) is 72.2 Å². The standard InChI is InChI=1S/C15H15ClN2O2S/c16-14-9-12(5-7-15(14)17)18-21(19,20)13-6-4-10-2-1-3-11(10)8-13/h4-9,18H,1-3,17H2. The second-order valence-corrected chi connectivity index (χ2v) is 7.22. The Bertz CT molecular complexity index is 803. The summed E-state index contributed by atoms with van der Waals surface area (Å²) in [5, 5.41) is 0.323. The van der Waals surface area contributed by atoms with Crippen LogP contribution in [0.15, 0.2) is 41.3 Å². The first kappa shape index (κ1) is 14.2. The van der Waals surface area contributed by atoms with Crippen molar-refractivity contribution in [3.05, 3.63) is 52.5 Å². The third-order valence-electron chi connectivity index (χ3n) is 3.63. The van der Waals surface area contributed by atoms with E-state index in [1.54, 1.807) is 24.3 Å². The Morgan fingerprint density at radius 2 is 1.81 bits per heavy atom. The molecule has 1 aliphatic carbocycles. The van der Waals surface area contributed by atoms with Crippen molar-refractivity contribution in [3.8, 4) is 0 Å². The molecule has 4 nitrogen and oxygen atoms in total. The molecule has 21 heavy (non-hydrogen) atoms. The number of sulfonamides is 1. The summed E-state index contributed by atoms with van der Waals surface area (Å²) in [4.78, 5) is 0.274. The molecule has 110 valence electrons. The second kappa shape index (κ2) is 5.24. The van der Waals surface area contributed by atoms with Crippen LogP contribution >= 0.6 is 11.6 Å². The number of nitrogens with one attached hydrogen (secondary N) is 1. The van der Waals surface area contributed by atoms with E-state index in [1.165, 1.54) is 11.6 Å². The Morgan fingerprint density at radius 3 is 2.57 bits per heavy atom. The Morgan fingerprint density at radius 1 is 1.05 bits per heavy atom. The fourth-order valence-corrected chi connectivity index (χ4v) is 3.80. The zero-order valence-electron chi connectivity index (χ0n) is 11.3. The fourth-order valence-electron chi connectivity index (χ4n) is 2.52. The molecule has 0 atom stereocenters. The molecule has 0 aliphatic heterocycles. The summed E-state index contributed by atoms with van der Waals surface area (Å²) in [5.74, 6) is 0. The quantitative estimate of drug-likeness (QED) is 0.852. The lowest BCUT2D eigenvalue weighted by Gasteiger charge is -2.10. The van der Waals surface area contributed by atoms with Gasteiger partial charge in [-0.05, 0) is 60.7 Å². The summed E-state index contributed by atoms with van der Waals surface area (Å²) in [5.41, 5.74) is 8.79. The number of aryl methyl sites for hydroxylation is 2. The van der Waals surface area contributed by atoms with Crippen LogP contribution in [0.2, 0.25) is 5.02 Å². The molecule has 2 aromatic rings. The van der Waals surface area contributed by atoms with Gasteiger partial charge in [0.25, 0.3) is 10.0 Å². The van der Waals surface area contributed by atoms with Crippen LogP contribution in [0, 0.1) is 0 Å². The van der Waals surface area contributed by atoms with Crippen LogP contribution in [0.1, 0.15) is 17.5 Å². The van der Waals surface area contributed by atoms with Crippen molar-refractivity contribution in [2.24, 2.45) is 0 Å². The molecule has 3 rings (SSSR count). The molecule has 0 radical (unpaired) electrons. The largest absolute Gasteiger partial charge is 0.398 e. The second-order valence-electron chi connectivity index (χ2n) is 5.13. The molecule has 0 fully saturated rings. The Hall–Kier alpha value is -1.72. The maximum absolute atomic E-state index is 12.4. The Labute approximate surface area is 129 Å². The average molecular weight is 323 g/mol. The minimum Gasteiger partial charge on any atom is -0.398 e. The zero-order chi connectivity index (χ0) is 15.0. The molecule has 0 unspecified atom stereocenters. The van der Waals surface area contributed by atoms with Gasteiger partial charge < -0.3 is 5.73 Å². The summed E-state index contributed by atoms with van der Waals surface area (Å²) < 4.78 is 27.4. The number of benzene rings is 2. The van der Waals surface area contributed by atoms with Gasteiger partial charge in [-0.3, -0.25) is 4.72 Å². The van der Waals surface area contributed by atoms with Crippen LogP contribution in [-0.4, -0.2) is 8.42 Å². The van der Waals surface area contributed by atoms with E-state index in [0.29, 0.717) is 16.4 Å². The summed E-state index contributed by atoms with van der Waals surface area (Å²) >= 11 is 5.91. The fraction of sp³-hybridized carbons (Fsp3) is 0.200. The van der Waals surface area contributed by atoms with Crippen LogP contribution in [0.3, 0.4) is 0 Å². The van der Waals surface area contributed by atoms with Gasteiger partial charge in [0, 0.05) is 0 Å². The third-order valence-corrected chi connectivity index (χ3v) is 5.34. The molecule has 0 aromatic heterocycles. The van der Waals surface area contributed by atoms with E-state index < -0.39 is 10.0 Å². The van der Waals surface area contributed by atoms with Gasteiger partial charge in [0.05, 0.1) is 21.3 Å². The molecule has 0 amide bonds. The monoisotopic (exact) mass is 322 g/mol. The van der Waals surface area contributed by atoms with Gasteiger partial charge in [0.1, 0.15) is 0 Å². The highest BCUT2D eigenvalue weighted by molar-refractivity contribution is 7.92. The molecule has 2 aromatic carbocycles. The maximum Gasteiger partial charge on any atom is 0.261 e. The highest BCUT2D eigenvalue weighted by Crippen LogP contribution is 2.27. The highest BCUT2D eigenvalue weighted by Gasteiger charge is 2.18. The van der Waals surface area contributed by atoms with E-state index in [9.17, 15) is 8.42 Å². The maximum atomic E-state index is 12.4. The molecule has 0 saturated heterocycles. The van der Waals surface area contributed by atoms with Crippen molar-refractivity contribution < 1.29 is 8.42 Å². The van der Waals surface area contributed by atoms with E-state index in [1.807, 2.05) is 6.07 Å². The summed E-state index contributed by atoms with van der Waals surface area (Å²) in [6.45, 7) is 0. The predicted molar refractivity (Wildman–Crippen MR) is 85.1 cm³/mol. The van der Waals surface area contributed by atoms with E-state index in [0.717, 1.165) is 24.8 Å². The Balaban J connectivity index is 1.91. The number of hydrogen-bond donors (Lipinski definition) is 2. The van der Waals surface area contributed by atoms with Crippen molar-refractivity contribution in [2.75, 3.05) is 10.5 Å². The molecule has 0 bridgehead atoms. The molecular weight excluding hydrogens is 308 g/mol. The van der Waals surface area contributed by atoms with Crippen molar-refractivity contribution in [2.45, 2.75) is 24.2 Å². The molecule has 6 heteroatoms. The SMILES string of the molecule is Nc1ccc(NS(=O)(=O)c2ccc3c(c2)CCC3)cc1Cl. The normalized spacial score (nSPS) is 14.0. The lowest BCUT2D eigenvalue weighted by atomic mass is 10.1. The first-order valence-corrected chi connectivity index (χ1v) is 8.51. The molecule has 0 spiro atoms. The van der Waals surface area contributed by atoms with Gasteiger partial charge in [0.2, 0.25) is 0 Å². The summed E-state index contributed by atoms with van der Waals surface area (Å²) in [6.07, 6.45) is 3.04. The van der Waals surface area contributed by atoms with Gasteiger partial charge in [-0.2, -0.15) is 0 Å². The minimum absolute atomic E-state index is 0.274. The van der Waals surface area contributed by atoms with E-state index in [4.69, 9.17) is 17.3 Å². The third kappa shape index (κ3) is 2.84. The smallest absolute Gasteiger partial charge is 0.261 e. The highest BCUT2D eigenvalue weighted by atomic mass is 35.5. The number of nitrogens with two attached hydrogens (primary N) is 1. The number of nitrogen functional groups attached to an aromatic ring is 1. The van der Waals surface area contributed by atoms with Crippen LogP contribution in [0.5, 0.6) is 0 Å². The van der Waals surface area contributed by atoms with Gasteiger partial charge in [-0.25, -0.2) is 8.42 Å². The summed E-state index contributed by atoms with van der Waals surface area (Å²) in [7, 11) is -3.61. The van der Waals surface area contributed by atoms with Crippen LogP contribution < -0.4 is 10.5 Å². The number of rotatable bonds is 3. The van der Waals surface area contributed by atoms with Gasteiger partial charge in [0.15, 0.2) is 0 Å². The summed E-state index contributed by atoms with van der Waals surface area (Å²) in [6, 6.07) is 9.96. The van der Waals surface area contributed by atoms with E-state index >= 15 is 0 Å². The lowest BCUT2D eigenvalue weighted by molar-refractivity contribution is 0.601. The molecule has 1 aliphatic rings. The van der Waals surface area contributed by atoms with Gasteiger partial charge in [-0.15, -0.1) is 0 Å². The van der Waals surface area contributed by atoms with Crippen molar-refractivity contribution in [3.63, 3.8) is 0 Å². The van der Waals surface area contributed by atoms with Gasteiger partial charge in [-0.1, -0.05) is 17.7 Å². The van der Waals surface area contributed by atoms with Crippen molar-refractivity contribution in [1.29, 1.82) is 0 Å². The number of hydrogen-bond acceptors (Lipinski definition) is 3. The average Bonchev–Trinajstić information content (AvgIpc) is 2.90. The van der Waals surface area contributed by atoms with Crippen LogP contribution in [-0.2, 0) is 22.9 Å². The minimum atomic E-state index is -3.61. The number of anilines is 2. The van der Waals surface area contributed by atoms with Crippen LogP contribution in [0.4, 0.5) is 11.4 Å². The molecule has 0 heterocycles. The molecular formula is C15H15ClN2O2S. The van der Waals surface area contributed by atoms with E-state index in [2.05, 4.69) is 4.72 Å². The predicted octanol–water partition coefficient (Wildman–Crippen LogP) is 3.21. The zero-order valence-corrected chi connectivity index (χ0v) is 12.8. The first-order valence-electron chi connectivity index (χ1n) is 6.65. The van der Waals surface area contributed by atoms with Crippen LogP contribution in [0.25, 0.3) is 0 Å². The molecule has 3 N–H and O–H groups in total. The number of halogens is 1. The molecule has 0 saturated carbocycles. The lowest BCUT2D eigenvalue weighted by Crippen LogP contribution is -2.13.